The van der Waals surface area contributed by atoms with Gasteiger partial charge in [0, 0.05) is 18.2 Å². The first kappa shape index (κ1) is 25.7. The van der Waals surface area contributed by atoms with Gasteiger partial charge in [0.15, 0.2) is 5.65 Å². The number of halogens is 1. The molecular weight excluding hydrogens is 497 g/mol. The van der Waals surface area contributed by atoms with Crippen molar-refractivity contribution in [1.29, 1.82) is 0 Å². The first-order valence-corrected chi connectivity index (χ1v) is 15.6. The molecule has 0 spiro atoms. The van der Waals surface area contributed by atoms with Gasteiger partial charge in [-0.1, -0.05) is 45.0 Å². The Morgan fingerprint density at radius 3 is 2.42 bits per heavy atom. The lowest BCUT2D eigenvalue weighted by atomic mass is 10.1. The Kier molecular flexibility index (Phi) is 6.61. The molecule has 0 aliphatic carbocycles. The lowest BCUT2D eigenvalue weighted by Crippen LogP contribution is -2.43. The van der Waals surface area contributed by atoms with Gasteiger partial charge in [-0.25, -0.2) is 14.4 Å². The zero-order chi connectivity index (χ0) is 27.1. The predicted molar refractivity (Wildman–Crippen MR) is 149 cm³/mol. The van der Waals surface area contributed by atoms with Gasteiger partial charge in [-0.15, -0.1) is 0 Å². The highest BCUT2D eigenvalue weighted by Gasteiger charge is 2.39. The van der Waals surface area contributed by atoms with Crippen LogP contribution in [0.5, 0.6) is 11.6 Å². The third kappa shape index (κ3) is 5.22. The van der Waals surface area contributed by atoms with Gasteiger partial charge in [0.1, 0.15) is 23.0 Å². The van der Waals surface area contributed by atoms with Crippen molar-refractivity contribution in [3.63, 3.8) is 0 Å². The maximum absolute atomic E-state index is 13.5. The molecule has 0 unspecified atom stereocenters. The van der Waals surface area contributed by atoms with Crippen LogP contribution < -0.4 is 4.43 Å². The highest BCUT2D eigenvalue weighted by molar-refractivity contribution is 6.74. The van der Waals surface area contributed by atoms with E-state index in [0.29, 0.717) is 41.3 Å². The van der Waals surface area contributed by atoms with Crippen LogP contribution in [0.4, 0.5) is 4.39 Å². The summed E-state index contributed by atoms with van der Waals surface area (Å²) >= 11 is 0. The lowest BCUT2D eigenvalue weighted by Gasteiger charge is -2.36. The summed E-state index contributed by atoms with van der Waals surface area (Å²) < 4.78 is 27.2. The molecule has 6 nitrogen and oxygen atoms in total. The van der Waals surface area contributed by atoms with E-state index >= 15 is 0 Å². The molecule has 3 heterocycles. The van der Waals surface area contributed by atoms with E-state index in [2.05, 4.69) is 33.9 Å². The molecule has 1 N–H and O–H groups in total. The van der Waals surface area contributed by atoms with Gasteiger partial charge in [-0.3, -0.25) is 4.40 Å². The number of fused-ring (bicyclic) bond motifs is 1. The van der Waals surface area contributed by atoms with E-state index in [1.165, 1.54) is 12.1 Å². The molecule has 0 amide bonds. The maximum Gasteiger partial charge on any atom is 0.250 e. The van der Waals surface area contributed by atoms with Crippen LogP contribution in [0.25, 0.3) is 16.9 Å². The molecule has 0 atom stereocenters. The van der Waals surface area contributed by atoms with Crippen LogP contribution >= 0.6 is 0 Å². The fourth-order valence-electron chi connectivity index (χ4n) is 4.06. The van der Waals surface area contributed by atoms with E-state index in [0.717, 1.165) is 16.9 Å². The van der Waals surface area contributed by atoms with Crippen molar-refractivity contribution in [3.05, 3.63) is 102 Å². The lowest BCUT2D eigenvalue weighted by molar-refractivity contribution is 0.438. The van der Waals surface area contributed by atoms with E-state index < -0.39 is 8.32 Å². The number of rotatable bonds is 7. The van der Waals surface area contributed by atoms with Crippen molar-refractivity contribution in [2.45, 2.75) is 51.7 Å². The minimum atomic E-state index is -2.03. The Hall–Kier alpha value is -3.91. The van der Waals surface area contributed by atoms with Gasteiger partial charge in [0.25, 0.3) is 0 Å². The molecular formula is C30H32FN3O3Si. The quantitative estimate of drug-likeness (QED) is 0.222. The van der Waals surface area contributed by atoms with Gasteiger partial charge in [0.05, 0.1) is 24.1 Å². The van der Waals surface area contributed by atoms with Gasteiger partial charge < -0.3 is 13.9 Å². The second kappa shape index (κ2) is 9.76. The van der Waals surface area contributed by atoms with Crippen molar-refractivity contribution in [2.24, 2.45) is 0 Å². The number of hydrogen-bond donors (Lipinski definition) is 1. The second-order valence-electron chi connectivity index (χ2n) is 11.1. The van der Waals surface area contributed by atoms with Crippen molar-refractivity contribution in [2.75, 3.05) is 0 Å². The fourth-order valence-corrected chi connectivity index (χ4v) is 5.08. The minimum absolute atomic E-state index is 0.0362. The molecule has 38 heavy (non-hydrogen) atoms. The molecule has 0 fully saturated rings. The maximum atomic E-state index is 13.5. The third-order valence-electron chi connectivity index (χ3n) is 7.24. The normalized spacial score (nSPS) is 12.3. The number of aromatic hydroxyl groups is 1. The van der Waals surface area contributed by atoms with Crippen LogP contribution in [-0.2, 0) is 12.8 Å². The number of benzene rings is 2. The number of furan rings is 1. The summed E-state index contributed by atoms with van der Waals surface area (Å²) in [4.78, 5) is 9.70. The third-order valence-corrected chi connectivity index (χ3v) is 11.6. The molecule has 0 saturated heterocycles. The van der Waals surface area contributed by atoms with Gasteiger partial charge in [-0.05, 0) is 60.1 Å². The smallest absolute Gasteiger partial charge is 0.250 e. The summed E-state index contributed by atoms with van der Waals surface area (Å²) in [7, 11) is -2.03. The summed E-state index contributed by atoms with van der Waals surface area (Å²) in [6.07, 6.45) is 4.17. The van der Waals surface area contributed by atoms with Crippen LogP contribution in [0.15, 0.2) is 77.5 Å². The molecule has 8 heteroatoms. The van der Waals surface area contributed by atoms with E-state index in [-0.39, 0.29) is 16.7 Å². The molecule has 0 bridgehead atoms. The van der Waals surface area contributed by atoms with Crippen LogP contribution in [0.1, 0.15) is 43.5 Å². The van der Waals surface area contributed by atoms with Crippen LogP contribution in [0, 0.1) is 5.82 Å². The van der Waals surface area contributed by atoms with Gasteiger partial charge >= 0.3 is 0 Å². The molecule has 0 radical (unpaired) electrons. The van der Waals surface area contributed by atoms with Crippen LogP contribution in [0.2, 0.25) is 18.1 Å². The van der Waals surface area contributed by atoms with Crippen molar-refractivity contribution in [1.82, 2.24) is 14.4 Å². The van der Waals surface area contributed by atoms with Gasteiger partial charge in [-0.2, -0.15) is 0 Å². The second-order valence-corrected chi connectivity index (χ2v) is 15.8. The van der Waals surface area contributed by atoms with Crippen molar-refractivity contribution in [3.8, 4) is 22.9 Å². The first-order chi connectivity index (χ1) is 18.0. The summed E-state index contributed by atoms with van der Waals surface area (Å²) in [6, 6.07) is 17.9. The number of aromatic nitrogens is 3. The standard InChI is InChI=1S/C30H32FN3O3Si/c1-30(2,3)38(4,5)37-24-9-6-8-21(17-24)27-19-34-28(25(32-27)16-20-11-13-22(31)14-12-20)33-26(29(34)35)18-23-10-7-15-36-23/h6-15,17,19,35H,16,18H2,1-5H3. The molecule has 2 aromatic carbocycles. The number of hydrogen-bond acceptors (Lipinski definition) is 5. The summed E-state index contributed by atoms with van der Waals surface area (Å²) in [5.74, 6) is 1.24. The van der Waals surface area contributed by atoms with E-state index in [1.807, 2.05) is 30.3 Å². The average Bonchev–Trinajstić information content (AvgIpc) is 3.48. The largest absolute Gasteiger partial charge is 0.543 e. The molecule has 3 aromatic heterocycles. The highest BCUT2D eigenvalue weighted by atomic mass is 28.4. The Morgan fingerprint density at radius 1 is 0.974 bits per heavy atom. The van der Waals surface area contributed by atoms with E-state index in [4.69, 9.17) is 18.8 Å². The van der Waals surface area contributed by atoms with E-state index in [9.17, 15) is 9.50 Å². The minimum Gasteiger partial charge on any atom is -0.543 e. The molecule has 0 aliphatic rings. The molecule has 196 valence electrons. The topological polar surface area (TPSA) is 72.8 Å². The molecule has 5 aromatic rings. The van der Waals surface area contributed by atoms with E-state index in [1.54, 1.807) is 35.1 Å². The fraction of sp³-hybridized carbons (Fsp3) is 0.267. The zero-order valence-electron chi connectivity index (χ0n) is 22.3. The predicted octanol–water partition coefficient (Wildman–Crippen LogP) is 7.40. The summed E-state index contributed by atoms with van der Waals surface area (Å²) in [5.41, 5.74) is 4.14. The Balaban J connectivity index is 1.60. The van der Waals surface area contributed by atoms with Gasteiger partial charge in [0.2, 0.25) is 14.2 Å². The van der Waals surface area contributed by atoms with Crippen molar-refractivity contribution >= 4 is 14.0 Å². The summed E-state index contributed by atoms with van der Waals surface area (Å²) in [6.45, 7) is 11.1. The molecule has 5 rings (SSSR count). The highest BCUT2D eigenvalue weighted by Crippen LogP contribution is 2.38. The Bertz CT molecular complexity index is 1570. The monoisotopic (exact) mass is 529 g/mol. The average molecular weight is 530 g/mol. The Morgan fingerprint density at radius 2 is 1.74 bits per heavy atom. The Labute approximate surface area is 222 Å². The van der Waals surface area contributed by atoms with Crippen LogP contribution in [-0.4, -0.2) is 27.8 Å². The summed E-state index contributed by atoms with van der Waals surface area (Å²) in [5, 5.41) is 11.2. The molecule has 0 aliphatic heterocycles. The van der Waals surface area contributed by atoms with Crippen LogP contribution in [0.3, 0.4) is 0 Å². The van der Waals surface area contributed by atoms with Crippen molar-refractivity contribution < 1.29 is 18.3 Å². The molecule has 0 saturated carbocycles. The zero-order valence-corrected chi connectivity index (χ0v) is 23.3. The number of nitrogens with zero attached hydrogens (tertiary/aromatic N) is 3. The first-order valence-electron chi connectivity index (χ1n) is 12.7. The number of imidazole rings is 1. The SMILES string of the molecule is CC(C)(C)[Si](C)(C)Oc1cccc(-c2cn3c(O)c(Cc4ccco4)nc3c(Cc3ccc(F)cc3)n2)c1.